The summed E-state index contributed by atoms with van der Waals surface area (Å²) in [6, 6.07) is 7.99. The molecule has 0 spiro atoms. The number of rotatable bonds is 6. The molecule has 0 saturated carbocycles. The highest BCUT2D eigenvalue weighted by Crippen LogP contribution is 2.16. The van der Waals surface area contributed by atoms with Crippen LogP contribution in [0.4, 0.5) is 0 Å². The molecule has 124 valence electrons. The van der Waals surface area contributed by atoms with Crippen molar-refractivity contribution < 1.29 is 9.47 Å². The Hall–Kier alpha value is -1.02. The predicted octanol–water partition coefficient (Wildman–Crippen LogP) is 2.55. The van der Waals surface area contributed by atoms with Crippen molar-refractivity contribution in [2.45, 2.75) is 31.9 Å². The van der Waals surface area contributed by atoms with Crippen molar-refractivity contribution in [3.63, 3.8) is 0 Å². The van der Waals surface area contributed by atoms with Crippen molar-refractivity contribution >= 4 is 29.9 Å². The van der Waals surface area contributed by atoms with Crippen LogP contribution < -0.4 is 15.4 Å². The van der Waals surface area contributed by atoms with E-state index in [9.17, 15) is 0 Å². The van der Waals surface area contributed by atoms with Crippen molar-refractivity contribution in [3.05, 3.63) is 29.8 Å². The summed E-state index contributed by atoms with van der Waals surface area (Å²) in [7, 11) is 3.47. The molecule has 1 fully saturated rings. The first-order chi connectivity index (χ1) is 10.3. The first kappa shape index (κ1) is 19.0. The van der Waals surface area contributed by atoms with Gasteiger partial charge in [-0.15, -0.1) is 24.0 Å². The van der Waals surface area contributed by atoms with Crippen LogP contribution >= 0.6 is 24.0 Å². The van der Waals surface area contributed by atoms with Crippen LogP contribution in [0.5, 0.6) is 5.75 Å². The second-order valence-electron chi connectivity index (χ2n) is 5.09. The van der Waals surface area contributed by atoms with E-state index in [1.54, 1.807) is 14.2 Å². The number of halogens is 1. The van der Waals surface area contributed by atoms with E-state index in [4.69, 9.17) is 9.47 Å². The first-order valence-corrected chi connectivity index (χ1v) is 7.51. The van der Waals surface area contributed by atoms with Crippen molar-refractivity contribution in [1.29, 1.82) is 0 Å². The minimum Gasteiger partial charge on any atom is -0.496 e. The molecule has 1 unspecified atom stereocenters. The SMILES string of the molecule is CN=C(NCCC1CCCO1)NCc1ccccc1OC.I. The lowest BCUT2D eigenvalue weighted by atomic mass is 10.2. The highest BCUT2D eigenvalue weighted by Gasteiger charge is 2.14. The minimum atomic E-state index is 0. The van der Waals surface area contributed by atoms with E-state index >= 15 is 0 Å². The fraction of sp³-hybridized carbons (Fsp3) is 0.562. The van der Waals surface area contributed by atoms with Crippen LogP contribution in [0.25, 0.3) is 0 Å². The second-order valence-corrected chi connectivity index (χ2v) is 5.09. The Kier molecular flexibility index (Phi) is 9.22. The second kappa shape index (κ2) is 10.7. The van der Waals surface area contributed by atoms with Gasteiger partial charge in [0.2, 0.25) is 0 Å². The number of guanidine groups is 1. The Morgan fingerprint density at radius 1 is 1.36 bits per heavy atom. The van der Waals surface area contributed by atoms with Crippen molar-refractivity contribution in [1.82, 2.24) is 10.6 Å². The Labute approximate surface area is 149 Å². The van der Waals surface area contributed by atoms with Gasteiger partial charge in [-0.3, -0.25) is 4.99 Å². The Morgan fingerprint density at radius 3 is 2.86 bits per heavy atom. The zero-order valence-corrected chi connectivity index (χ0v) is 15.6. The molecular formula is C16H26IN3O2. The molecule has 1 saturated heterocycles. The van der Waals surface area contributed by atoms with Crippen LogP contribution in [0, 0.1) is 0 Å². The maximum Gasteiger partial charge on any atom is 0.191 e. The summed E-state index contributed by atoms with van der Waals surface area (Å²) in [5.74, 6) is 1.69. The average Bonchev–Trinajstić information content (AvgIpc) is 3.04. The van der Waals surface area contributed by atoms with Gasteiger partial charge in [-0.2, -0.15) is 0 Å². The Balaban J connectivity index is 0.00000242. The number of methoxy groups -OCH3 is 1. The number of para-hydroxylation sites is 1. The number of ether oxygens (including phenoxy) is 2. The summed E-state index contributed by atoms with van der Waals surface area (Å²) in [6.07, 6.45) is 3.79. The van der Waals surface area contributed by atoms with Crippen molar-refractivity contribution in [2.24, 2.45) is 4.99 Å². The van der Waals surface area contributed by atoms with Crippen LogP contribution in [0.3, 0.4) is 0 Å². The van der Waals surface area contributed by atoms with E-state index < -0.39 is 0 Å². The van der Waals surface area contributed by atoms with Gasteiger partial charge in [-0.25, -0.2) is 0 Å². The molecule has 0 amide bonds. The minimum absolute atomic E-state index is 0. The number of aliphatic imine (C=N–C) groups is 1. The highest BCUT2D eigenvalue weighted by atomic mass is 127. The maximum atomic E-state index is 5.61. The molecule has 22 heavy (non-hydrogen) atoms. The van der Waals surface area contributed by atoms with Crippen LogP contribution in [0.1, 0.15) is 24.8 Å². The number of hydrogen-bond acceptors (Lipinski definition) is 3. The molecule has 0 aromatic heterocycles. The van der Waals surface area contributed by atoms with Gasteiger partial charge in [0.25, 0.3) is 0 Å². The molecule has 1 aromatic carbocycles. The topological polar surface area (TPSA) is 54.9 Å². The number of hydrogen-bond donors (Lipinski definition) is 2. The molecule has 2 N–H and O–H groups in total. The van der Waals surface area contributed by atoms with E-state index in [2.05, 4.69) is 15.6 Å². The van der Waals surface area contributed by atoms with Gasteiger partial charge in [0.1, 0.15) is 5.75 Å². The van der Waals surface area contributed by atoms with Crippen LogP contribution in [0.2, 0.25) is 0 Å². The van der Waals surface area contributed by atoms with Gasteiger partial charge in [0.05, 0.1) is 13.2 Å². The maximum absolute atomic E-state index is 5.61. The third-order valence-corrected chi connectivity index (χ3v) is 3.65. The lowest BCUT2D eigenvalue weighted by Gasteiger charge is -2.15. The predicted molar refractivity (Wildman–Crippen MR) is 100 cm³/mol. The van der Waals surface area contributed by atoms with Crippen molar-refractivity contribution in [2.75, 3.05) is 27.3 Å². The molecule has 1 aliphatic heterocycles. The summed E-state index contributed by atoms with van der Waals surface area (Å²) in [5.41, 5.74) is 1.11. The molecule has 1 aliphatic rings. The Bertz CT molecular complexity index is 462. The summed E-state index contributed by atoms with van der Waals surface area (Å²) >= 11 is 0. The number of nitrogens with zero attached hydrogens (tertiary/aromatic N) is 1. The van der Waals surface area contributed by atoms with Crippen molar-refractivity contribution in [3.8, 4) is 5.75 Å². The smallest absolute Gasteiger partial charge is 0.191 e. The normalized spacial score (nSPS) is 17.7. The van der Waals surface area contributed by atoms with Gasteiger partial charge in [-0.1, -0.05) is 18.2 Å². The molecule has 0 bridgehead atoms. The van der Waals surface area contributed by atoms with Gasteiger partial charge in [0, 0.05) is 32.3 Å². The fourth-order valence-electron chi connectivity index (χ4n) is 2.47. The van der Waals surface area contributed by atoms with Gasteiger partial charge in [-0.05, 0) is 25.3 Å². The van der Waals surface area contributed by atoms with E-state index in [-0.39, 0.29) is 24.0 Å². The van der Waals surface area contributed by atoms with Crippen LogP contribution in [-0.2, 0) is 11.3 Å². The molecule has 6 heteroatoms. The number of benzene rings is 1. The summed E-state index contributed by atoms with van der Waals surface area (Å²) in [6.45, 7) is 2.46. The van der Waals surface area contributed by atoms with Gasteiger partial charge in [0.15, 0.2) is 5.96 Å². The first-order valence-electron chi connectivity index (χ1n) is 7.51. The molecule has 1 heterocycles. The van der Waals surface area contributed by atoms with Crippen LogP contribution in [-0.4, -0.2) is 39.4 Å². The Morgan fingerprint density at radius 2 is 2.18 bits per heavy atom. The number of nitrogens with one attached hydrogen (secondary N) is 2. The zero-order valence-electron chi connectivity index (χ0n) is 13.3. The molecule has 1 aromatic rings. The van der Waals surface area contributed by atoms with Gasteiger partial charge >= 0.3 is 0 Å². The quantitative estimate of drug-likeness (QED) is 0.423. The fourth-order valence-corrected chi connectivity index (χ4v) is 2.47. The summed E-state index contributed by atoms with van der Waals surface area (Å²) in [4.78, 5) is 4.24. The molecule has 0 aliphatic carbocycles. The molecule has 5 nitrogen and oxygen atoms in total. The molecular weight excluding hydrogens is 393 g/mol. The van der Waals surface area contributed by atoms with Crippen LogP contribution in [0.15, 0.2) is 29.3 Å². The highest BCUT2D eigenvalue weighted by molar-refractivity contribution is 14.0. The van der Waals surface area contributed by atoms with Gasteiger partial charge < -0.3 is 20.1 Å². The molecule has 1 atom stereocenters. The summed E-state index contributed by atoms with van der Waals surface area (Å²) < 4.78 is 11.0. The van der Waals surface area contributed by atoms with E-state index in [0.29, 0.717) is 12.6 Å². The molecule has 0 radical (unpaired) electrons. The average molecular weight is 419 g/mol. The summed E-state index contributed by atoms with van der Waals surface area (Å²) in [5, 5.41) is 6.63. The molecule has 2 rings (SSSR count). The lowest BCUT2D eigenvalue weighted by molar-refractivity contribution is 0.105. The van der Waals surface area contributed by atoms with E-state index in [0.717, 1.165) is 36.8 Å². The lowest BCUT2D eigenvalue weighted by Crippen LogP contribution is -2.38. The third kappa shape index (κ3) is 6.00. The third-order valence-electron chi connectivity index (χ3n) is 3.65. The monoisotopic (exact) mass is 419 g/mol. The zero-order chi connectivity index (χ0) is 14.9. The largest absolute Gasteiger partial charge is 0.496 e. The standard InChI is InChI=1S/C16H25N3O2.HI/c1-17-16(18-10-9-14-7-5-11-21-14)19-12-13-6-3-4-8-15(13)20-2;/h3-4,6,8,14H,5,7,9-12H2,1-2H3,(H2,17,18,19);1H. The van der Waals surface area contributed by atoms with E-state index in [1.807, 2.05) is 24.3 Å². The van der Waals surface area contributed by atoms with E-state index in [1.165, 1.54) is 12.8 Å².